The van der Waals surface area contributed by atoms with Gasteiger partial charge < -0.3 is 5.11 Å². The fourth-order valence-electron chi connectivity index (χ4n) is 2.34. The second-order valence-corrected chi connectivity index (χ2v) is 7.76. The predicted octanol–water partition coefficient (Wildman–Crippen LogP) is 1.59. The molecule has 4 nitrogen and oxygen atoms in total. The van der Waals surface area contributed by atoms with E-state index in [9.17, 15) is 12.8 Å². The Bertz CT molecular complexity index is 701. The van der Waals surface area contributed by atoms with E-state index in [2.05, 4.69) is 11.8 Å². The van der Waals surface area contributed by atoms with Gasteiger partial charge in [0.05, 0.1) is 0 Å². The lowest BCUT2D eigenvalue weighted by Gasteiger charge is -2.20. The number of sulfonamides is 1. The molecule has 1 aliphatic rings. The molecule has 2 rings (SSSR count). The Balaban J connectivity index is 2.33. The Morgan fingerprint density at radius 1 is 1.43 bits per heavy atom. The van der Waals surface area contributed by atoms with Crippen molar-refractivity contribution in [2.75, 3.05) is 19.7 Å². The van der Waals surface area contributed by atoms with E-state index in [1.807, 2.05) is 13.8 Å². The first-order valence-corrected chi connectivity index (χ1v) is 8.10. The van der Waals surface area contributed by atoms with Gasteiger partial charge in [-0.15, -0.1) is 0 Å². The molecule has 0 aromatic heterocycles. The average molecular weight is 311 g/mol. The monoisotopic (exact) mass is 311 g/mol. The zero-order valence-electron chi connectivity index (χ0n) is 12.1. The number of hydrogen-bond acceptors (Lipinski definition) is 3. The minimum absolute atomic E-state index is 0.0872. The first kappa shape index (κ1) is 16.0. The van der Waals surface area contributed by atoms with Crippen LogP contribution >= 0.6 is 0 Å². The number of rotatable bonds is 2. The molecule has 0 radical (unpaired) electrons. The fourth-order valence-corrected chi connectivity index (χ4v) is 4.01. The van der Waals surface area contributed by atoms with Gasteiger partial charge in [0.15, 0.2) is 0 Å². The molecule has 6 heteroatoms. The number of nitrogens with zero attached hydrogens (tertiary/aromatic N) is 1. The van der Waals surface area contributed by atoms with Crippen molar-refractivity contribution in [2.24, 2.45) is 5.41 Å². The van der Waals surface area contributed by atoms with E-state index in [1.54, 1.807) is 0 Å². The SMILES string of the molecule is CC1(C)CCN(S(=O)(=O)c2ccc(C#CCO)cc2F)C1. The summed E-state index contributed by atoms with van der Waals surface area (Å²) in [5.74, 6) is 4.13. The fraction of sp³-hybridized carbons (Fsp3) is 0.467. The van der Waals surface area contributed by atoms with Gasteiger partial charge in [-0.1, -0.05) is 25.7 Å². The van der Waals surface area contributed by atoms with Gasteiger partial charge in [0.1, 0.15) is 17.3 Å². The molecule has 1 fully saturated rings. The van der Waals surface area contributed by atoms with Gasteiger partial charge >= 0.3 is 0 Å². The van der Waals surface area contributed by atoms with Crippen LogP contribution in [0.1, 0.15) is 25.8 Å². The van der Waals surface area contributed by atoms with Crippen LogP contribution in [-0.2, 0) is 10.0 Å². The standard InChI is InChI=1S/C15H18FNO3S/c1-15(2)7-8-17(11-15)21(19,20)14-6-5-12(4-3-9-18)10-13(14)16/h5-6,10,18H,7-9,11H2,1-2H3. The van der Waals surface area contributed by atoms with E-state index in [-0.39, 0.29) is 16.9 Å². The van der Waals surface area contributed by atoms with Crippen LogP contribution in [0.2, 0.25) is 0 Å². The first-order chi connectivity index (χ1) is 9.76. The smallest absolute Gasteiger partial charge is 0.246 e. The van der Waals surface area contributed by atoms with E-state index in [0.717, 1.165) is 12.5 Å². The zero-order chi connectivity index (χ0) is 15.7. The second-order valence-electron chi connectivity index (χ2n) is 5.86. The quantitative estimate of drug-likeness (QED) is 0.844. The lowest BCUT2D eigenvalue weighted by Crippen LogP contribution is -2.31. The molecule has 1 aromatic rings. The van der Waals surface area contributed by atoms with Crippen molar-refractivity contribution in [1.82, 2.24) is 4.31 Å². The average Bonchev–Trinajstić information content (AvgIpc) is 2.77. The third-order valence-electron chi connectivity index (χ3n) is 3.50. The summed E-state index contributed by atoms with van der Waals surface area (Å²) >= 11 is 0. The first-order valence-electron chi connectivity index (χ1n) is 6.66. The number of halogens is 1. The summed E-state index contributed by atoms with van der Waals surface area (Å²) in [4.78, 5) is -0.324. The van der Waals surface area contributed by atoms with Crippen LogP contribution in [0, 0.1) is 23.1 Å². The minimum atomic E-state index is -3.82. The molecule has 1 N–H and O–H groups in total. The Morgan fingerprint density at radius 2 is 2.14 bits per heavy atom. The van der Waals surface area contributed by atoms with E-state index in [0.29, 0.717) is 18.7 Å². The molecule has 0 unspecified atom stereocenters. The number of aliphatic hydroxyl groups is 1. The molecule has 0 amide bonds. The van der Waals surface area contributed by atoms with Crippen LogP contribution in [0.4, 0.5) is 4.39 Å². The Labute approximate surface area is 124 Å². The van der Waals surface area contributed by atoms with Gasteiger partial charge in [0.25, 0.3) is 0 Å². The van der Waals surface area contributed by atoms with Gasteiger partial charge in [0.2, 0.25) is 10.0 Å². The Kier molecular flexibility index (Phi) is 4.38. The van der Waals surface area contributed by atoms with Crippen molar-refractivity contribution >= 4 is 10.0 Å². The highest BCUT2D eigenvalue weighted by molar-refractivity contribution is 7.89. The highest BCUT2D eigenvalue weighted by Crippen LogP contribution is 2.33. The topological polar surface area (TPSA) is 57.6 Å². The van der Waals surface area contributed by atoms with Crippen LogP contribution < -0.4 is 0 Å². The van der Waals surface area contributed by atoms with Crippen molar-refractivity contribution in [3.05, 3.63) is 29.6 Å². The molecular weight excluding hydrogens is 293 g/mol. The van der Waals surface area contributed by atoms with Crippen molar-refractivity contribution < 1.29 is 17.9 Å². The normalized spacial score (nSPS) is 18.3. The van der Waals surface area contributed by atoms with Crippen molar-refractivity contribution in [3.63, 3.8) is 0 Å². The summed E-state index contributed by atoms with van der Waals surface area (Å²) < 4.78 is 40.4. The summed E-state index contributed by atoms with van der Waals surface area (Å²) in [6, 6.07) is 3.76. The lowest BCUT2D eigenvalue weighted by molar-refractivity contribution is 0.350. The maximum atomic E-state index is 14.1. The van der Waals surface area contributed by atoms with E-state index >= 15 is 0 Å². The summed E-state index contributed by atoms with van der Waals surface area (Å²) in [5, 5.41) is 8.60. The van der Waals surface area contributed by atoms with Crippen LogP contribution in [0.5, 0.6) is 0 Å². The maximum absolute atomic E-state index is 14.1. The molecule has 0 saturated carbocycles. The van der Waals surface area contributed by atoms with Crippen molar-refractivity contribution in [3.8, 4) is 11.8 Å². The highest BCUT2D eigenvalue weighted by Gasteiger charge is 2.37. The van der Waals surface area contributed by atoms with Crippen LogP contribution in [-0.4, -0.2) is 37.5 Å². The van der Waals surface area contributed by atoms with Gasteiger partial charge in [-0.2, -0.15) is 4.31 Å². The summed E-state index contributed by atoms with van der Waals surface area (Å²) in [6.07, 6.45) is 0.758. The van der Waals surface area contributed by atoms with E-state index in [1.165, 1.54) is 16.4 Å². The summed E-state index contributed by atoms with van der Waals surface area (Å²) in [7, 11) is -3.82. The van der Waals surface area contributed by atoms with Gasteiger partial charge in [-0.3, -0.25) is 0 Å². The molecule has 0 spiro atoms. The molecule has 0 atom stereocenters. The summed E-state index contributed by atoms with van der Waals surface area (Å²) in [5.41, 5.74) is 0.248. The summed E-state index contributed by atoms with van der Waals surface area (Å²) in [6.45, 7) is 4.45. The number of benzene rings is 1. The molecule has 0 bridgehead atoms. The largest absolute Gasteiger partial charge is 0.384 e. The second kappa shape index (κ2) is 5.76. The van der Waals surface area contributed by atoms with Gasteiger partial charge in [0, 0.05) is 18.7 Å². The third kappa shape index (κ3) is 3.43. The van der Waals surface area contributed by atoms with Crippen LogP contribution in [0.15, 0.2) is 23.1 Å². The third-order valence-corrected chi connectivity index (χ3v) is 5.38. The molecular formula is C15H18FNO3S. The van der Waals surface area contributed by atoms with Gasteiger partial charge in [-0.25, -0.2) is 12.8 Å². The molecule has 21 heavy (non-hydrogen) atoms. The number of aliphatic hydroxyl groups excluding tert-OH is 1. The molecule has 114 valence electrons. The van der Waals surface area contributed by atoms with E-state index in [4.69, 9.17) is 5.11 Å². The van der Waals surface area contributed by atoms with Crippen LogP contribution in [0.3, 0.4) is 0 Å². The van der Waals surface area contributed by atoms with E-state index < -0.39 is 15.8 Å². The highest BCUT2D eigenvalue weighted by atomic mass is 32.2. The lowest BCUT2D eigenvalue weighted by atomic mass is 9.93. The number of hydrogen-bond donors (Lipinski definition) is 1. The molecule has 0 aliphatic carbocycles. The van der Waals surface area contributed by atoms with Crippen molar-refractivity contribution in [2.45, 2.75) is 25.2 Å². The predicted molar refractivity (Wildman–Crippen MR) is 77.5 cm³/mol. The molecule has 1 aromatic carbocycles. The van der Waals surface area contributed by atoms with Crippen LogP contribution in [0.25, 0.3) is 0 Å². The molecule has 1 aliphatic heterocycles. The minimum Gasteiger partial charge on any atom is -0.384 e. The molecule has 1 heterocycles. The molecule has 1 saturated heterocycles. The maximum Gasteiger partial charge on any atom is 0.246 e. The zero-order valence-corrected chi connectivity index (χ0v) is 12.9. The Hall–Kier alpha value is -1.42. The van der Waals surface area contributed by atoms with Crippen molar-refractivity contribution in [1.29, 1.82) is 0 Å². The van der Waals surface area contributed by atoms with Gasteiger partial charge in [-0.05, 0) is 30.0 Å². The Morgan fingerprint density at radius 3 is 2.67 bits per heavy atom.